The van der Waals surface area contributed by atoms with E-state index in [0.29, 0.717) is 12.2 Å². The van der Waals surface area contributed by atoms with E-state index in [2.05, 4.69) is 15.4 Å². The minimum atomic E-state index is -0.247. The maximum Gasteiger partial charge on any atom is 0.333 e. The minimum Gasteiger partial charge on any atom is -0.463 e. The fourth-order valence-electron chi connectivity index (χ4n) is 1.73. The van der Waals surface area contributed by atoms with Gasteiger partial charge in [-0.15, -0.1) is 11.3 Å². The van der Waals surface area contributed by atoms with E-state index in [1.54, 1.807) is 25.2 Å². The zero-order valence-electron chi connectivity index (χ0n) is 12.6. The molecule has 0 radical (unpaired) electrons. The Morgan fingerprint density at radius 1 is 1.41 bits per heavy atom. The third-order valence-electron chi connectivity index (χ3n) is 2.82. The summed E-state index contributed by atoms with van der Waals surface area (Å²) in [7, 11) is 0. The largest absolute Gasteiger partial charge is 0.463 e. The fourth-order valence-corrected chi connectivity index (χ4v) is 3.38. The fraction of sp³-hybridized carbons (Fsp3) is 0.312. The highest BCUT2D eigenvalue weighted by molar-refractivity contribution is 8.00. The first-order valence-corrected chi connectivity index (χ1v) is 8.68. The number of fused-ring (bicyclic) bond motifs is 1. The van der Waals surface area contributed by atoms with Crippen LogP contribution in [0.3, 0.4) is 0 Å². The number of ether oxygens (including phenoxy) is 1. The van der Waals surface area contributed by atoms with Gasteiger partial charge in [0.15, 0.2) is 4.34 Å². The molecule has 0 aliphatic heterocycles. The number of carbonyl (C=O) groups is 1. The van der Waals surface area contributed by atoms with Crippen LogP contribution in [0.1, 0.15) is 26.7 Å². The van der Waals surface area contributed by atoms with E-state index in [1.165, 1.54) is 16.6 Å². The summed E-state index contributed by atoms with van der Waals surface area (Å²) >= 11 is 3.02. The number of rotatable bonds is 7. The van der Waals surface area contributed by atoms with Gasteiger partial charge in [0.25, 0.3) is 0 Å². The van der Waals surface area contributed by atoms with E-state index in [-0.39, 0.29) is 5.97 Å². The van der Waals surface area contributed by atoms with Crippen molar-refractivity contribution in [2.24, 2.45) is 4.40 Å². The number of para-hydroxylation sites is 1. The molecule has 0 saturated heterocycles. The van der Waals surface area contributed by atoms with Gasteiger partial charge < -0.3 is 4.74 Å². The van der Waals surface area contributed by atoms with Gasteiger partial charge in [-0.05, 0) is 38.8 Å². The zero-order chi connectivity index (χ0) is 15.8. The molecular weight excluding hydrogens is 316 g/mol. The van der Waals surface area contributed by atoms with Crippen molar-refractivity contribution < 1.29 is 9.53 Å². The van der Waals surface area contributed by atoms with Crippen molar-refractivity contribution >= 4 is 45.7 Å². The van der Waals surface area contributed by atoms with E-state index in [9.17, 15) is 4.79 Å². The number of carbonyl (C=O) groups excluding carboxylic acids is 1. The lowest BCUT2D eigenvalue weighted by molar-refractivity contribution is -0.138. The molecule has 0 fully saturated rings. The summed E-state index contributed by atoms with van der Waals surface area (Å²) in [6.07, 6.45) is 5.29. The molecule has 0 atom stereocenters. The van der Waals surface area contributed by atoms with Crippen molar-refractivity contribution in [2.75, 3.05) is 6.61 Å². The lowest BCUT2D eigenvalue weighted by atomic mass is 10.2. The standard InChI is InChI=1S/C16H18N2O2S2/c1-3-20-15(19)12(2)8-6-7-11-17-22-16-18-13-9-4-5-10-14(13)21-16/h4-5,8-11H,3,6-7H2,1-2H3/b12-8+,17-11+. The van der Waals surface area contributed by atoms with Gasteiger partial charge in [-0.1, -0.05) is 18.2 Å². The Morgan fingerprint density at radius 2 is 2.23 bits per heavy atom. The van der Waals surface area contributed by atoms with Crippen LogP contribution in [0.5, 0.6) is 0 Å². The number of benzene rings is 1. The summed E-state index contributed by atoms with van der Waals surface area (Å²) in [5, 5.41) is 0. The Bertz CT molecular complexity index is 659. The molecule has 0 unspecified atom stereocenters. The normalized spacial score (nSPS) is 12.2. The molecule has 1 aromatic heterocycles. The molecule has 0 aliphatic carbocycles. The predicted octanol–water partition coefficient (Wildman–Crippen LogP) is 4.66. The molecule has 2 rings (SSSR count). The van der Waals surface area contributed by atoms with Crippen LogP contribution < -0.4 is 0 Å². The number of unbranched alkanes of at least 4 members (excludes halogenated alkanes) is 1. The smallest absolute Gasteiger partial charge is 0.333 e. The molecule has 0 saturated carbocycles. The predicted molar refractivity (Wildman–Crippen MR) is 93.6 cm³/mol. The molecule has 1 heterocycles. The lowest BCUT2D eigenvalue weighted by Gasteiger charge is -2.00. The average Bonchev–Trinajstić information content (AvgIpc) is 2.93. The van der Waals surface area contributed by atoms with Crippen LogP contribution in [-0.4, -0.2) is 23.8 Å². The summed E-state index contributed by atoms with van der Waals surface area (Å²) in [6, 6.07) is 8.06. The number of aromatic nitrogens is 1. The number of hydrogen-bond donors (Lipinski definition) is 0. The first kappa shape index (κ1) is 16.7. The van der Waals surface area contributed by atoms with Gasteiger partial charge >= 0.3 is 5.97 Å². The molecule has 22 heavy (non-hydrogen) atoms. The van der Waals surface area contributed by atoms with Crippen molar-refractivity contribution in [3.8, 4) is 0 Å². The summed E-state index contributed by atoms with van der Waals surface area (Å²) < 4.78 is 11.3. The Labute approximate surface area is 138 Å². The van der Waals surface area contributed by atoms with Gasteiger partial charge in [-0.2, -0.15) is 0 Å². The lowest BCUT2D eigenvalue weighted by Crippen LogP contribution is -2.04. The van der Waals surface area contributed by atoms with Crippen LogP contribution in [0.4, 0.5) is 0 Å². The van der Waals surface area contributed by atoms with Gasteiger partial charge in [0, 0.05) is 23.7 Å². The van der Waals surface area contributed by atoms with Crippen molar-refractivity contribution in [1.29, 1.82) is 0 Å². The first-order valence-electron chi connectivity index (χ1n) is 7.09. The van der Waals surface area contributed by atoms with Crippen LogP contribution in [0.2, 0.25) is 0 Å². The quantitative estimate of drug-likeness (QED) is 0.243. The van der Waals surface area contributed by atoms with E-state index >= 15 is 0 Å². The van der Waals surface area contributed by atoms with Gasteiger partial charge in [-0.3, -0.25) is 0 Å². The Hall–Kier alpha value is -1.66. The van der Waals surface area contributed by atoms with Gasteiger partial charge in [0.2, 0.25) is 0 Å². The highest BCUT2D eigenvalue weighted by Gasteiger charge is 2.03. The summed E-state index contributed by atoms with van der Waals surface area (Å²) in [5.41, 5.74) is 1.66. The van der Waals surface area contributed by atoms with Crippen LogP contribution in [0, 0.1) is 0 Å². The zero-order valence-corrected chi connectivity index (χ0v) is 14.2. The van der Waals surface area contributed by atoms with Crippen molar-refractivity contribution in [2.45, 2.75) is 31.0 Å². The van der Waals surface area contributed by atoms with E-state index < -0.39 is 0 Å². The van der Waals surface area contributed by atoms with Crippen LogP contribution in [0.25, 0.3) is 10.2 Å². The summed E-state index contributed by atoms with van der Waals surface area (Å²) in [6.45, 7) is 3.98. The Morgan fingerprint density at radius 3 is 3.00 bits per heavy atom. The Kier molecular flexibility index (Phi) is 6.61. The average molecular weight is 334 g/mol. The molecule has 6 heteroatoms. The van der Waals surface area contributed by atoms with E-state index in [1.807, 2.05) is 30.5 Å². The maximum atomic E-state index is 11.4. The molecule has 0 amide bonds. The molecular formula is C16H18N2O2S2. The highest BCUT2D eigenvalue weighted by Crippen LogP contribution is 2.29. The molecule has 2 aromatic rings. The molecule has 0 aliphatic rings. The third-order valence-corrected chi connectivity index (χ3v) is 4.63. The monoisotopic (exact) mass is 334 g/mol. The van der Waals surface area contributed by atoms with E-state index in [0.717, 1.165) is 22.7 Å². The SMILES string of the molecule is CCOC(=O)/C(C)=C/CC/C=N/Sc1nc2ccccc2s1. The van der Waals surface area contributed by atoms with E-state index in [4.69, 9.17) is 4.74 Å². The van der Waals surface area contributed by atoms with Crippen LogP contribution in [0.15, 0.2) is 44.7 Å². The van der Waals surface area contributed by atoms with Gasteiger partial charge in [-0.25, -0.2) is 14.2 Å². The van der Waals surface area contributed by atoms with Crippen molar-refractivity contribution in [3.63, 3.8) is 0 Å². The summed E-state index contributed by atoms with van der Waals surface area (Å²) in [5.74, 6) is -0.247. The molecule has 1 aromatic carbocycles. The summed E-state index contributed by atoms with van der Waals surface area (Å²) in [4.78, 5) is 15.9. The topological polar surface area (TPSA) is 51.5 Å². The second-order valence-corrected chi connectivity index (χ2v) is 6.58. The number of hydrogen-bond acceptors (Lipinski definition) is 6. The first-order chi connectivity index (χ1) is 10.7. The second-order valence-electron chi connectivity index (χ2n) is 4.51. The maximum absolute atomic E-state index is 11.4. The number of allylic oxidation sites excluding steroid dienone is 1. The van der Waals surface area contributed by atoms with Crippen LogP contribution >= 0.6 is 23.3 Å². The molecule has 116 valence electrons. The Balaban J connectivity index is 1.76. The number of thiazole rings is 1. The molecule has 0 N–H and O–H groups in total. The third kappa shape index (κ3) is 4.96. The van der Waals surface area contributed by atoms with Gasteiger partial charge in [0.05, 0.1) is 16.8 Å². The van der Waals surface area contributed by atoms with Crippen LogP contribution in [-0.2, 0) is 9.53 Å². The molecule has 4 nitrogen and oxygen atoms in total. The van der Waals surface area contributed by atoms with Crippen molar-refractivity contribution in [1.82, 2.24) is 4.98 Å². The van der Waals surface area contributed by atoms with Crippen molar-refractivity contribution in [3.05, 3.63) is 35.9 Å². The number of esters is 1. The second kappa shape index (κ2) is 8.70. The highest BCUT2D eigenvalue weighted by atomic mass is 32.2. The molecule has 0 spiro atoms. The van der Waals surface area contributed by atoms with Gasteiger partial charge in [0.1, 0.15) is 0 Å². The minimum absolute atomic E-state index is 0.247. The number of nitrogens with zero attached hydrogens (tertiary/aromatic N) is 2. The molecule has 0 bridgehead atoms.